The Hall–Kier alpha value is -3.42. The van der Waals surface area contributed by atoms with Crippen molar-refractivity contribution in [2.75, 3.05) is 26.6 Å². The van der Waals surface area contributed by atoms with Gasteiger partial charge in [0.2, 0.25) is 0 Å². The molecule has 2 N–H and O–H groups in total. The van der Waals surface area contributed by atoms with Gasteiger partial charge >= 0.3 is 0 Å². The first-order valence-electron chi connectivity index (χ1n) is 14.1. The Labute approximate surface area is 270 Å². The number of anilines is 1. The molecule has 232 valence electrons. The summed E-state index contributed by atoms with van der Waals surface area (Å²) in [4.78, 5) is 12.9. The van der Waals surface area contributed by atoms with Gasteiger partial charge in [0.1, 0.15) is 35.0 Å². The molecule has 45 heavy (non-hydrogen) atoms. The van der Waals surface area contributed by atoms with Gasteiger partial charge in [-0.15, -0.1) is 0 Å². The molecule has 5 aromatic rings. The second kappa shape index (κ2) is 12.1. The van der Waals surface area contributed by atoms with E-state index >= 15 is 0 Å². The molecule has 14 heteroatoms. The van der Waals surface area contributed by atoms with E-state index in [1.165, 1.54) is 6.33 Å². The van der Waals surface area contributed by atoms with E-state index in [2.05, 4.69) is 15.0 Å². The number of hydrogen-bond donors (Lipinski definition) is 1. The van der Waals surface area contributed by atoms with Crippen LogP contribution in [-0.2, 0) is 48.6 Å². The number of nitrogens with zero attached hydrogens (tertiary/aromatic N) is 4. The van der Waals surface area contributed by atoms with Crippen LogP contribution in [0.25, 0.3) is 11.2 Å². The normalized spacial score (nSPS) is 22.4. The Bertz CT molecular complexity index is 1750. The van der Waals surface area contributed by atoms with Crippen LogP contribution in [0, 0.1) is 0 Å². The first kappa shape index (κ1) is 30.2. The summed E-state index contributed by atoms with van der Waals surface area (Å²) in [5.74, 6) is 1.71. The van der Waals surface area contributed by atoms with Crippen molar-refractivity contribution in [1.29, 1.82) is 0 Å². The van der Waals surface area contributed by atoms with E-state index in [9.17, 15) is 0 Å². The van der Waals surface area contributed by atoms with Crippen LogP contribution in [0.15, 0.2) is 91.5 Å². The third-order valence-electron chi connectivity index (χ3n) is 8.09. The largest absolute Gasteiger partial charge is 0.515 e. The average molecular weight is 663 g/mol. The number of imidazole rings is 1. The standard InChI is InChI=1S/C31H30N5O6PS2/c1-37-22-12-8-20(9-13-22)31(19-6-4-3-5-7-19,21-10-14-23(38-2)15-11-21)39-16-24-26-27(42-43(44,45)41-26)30(40-24)36-18-35-25-28(32)33-17-34-29(25)36/h3-15,17-18,24,26-27,30H,16H2,1-2H3,(H,44,45)(H2,32,33,34)/p-1/t24-,26-,27-,30-/m1/s1. The number of ether oxygens (including phenoxy) is 4. The van der Waals surface area contributed by atoms with E-state index in [1.54, 1.807) is 25.1 Å². The highest BCUT2D eigenvalue weighted by Crippen LogP contribution is 2.67. The van der Waals surface area contributed by atoms with E-state index in [1.807, 2.05) is 78.9 Å². The second-order valence-electron chi connectivity index (χ2n) is 10.6. The minimum absolute atomic E-state index is 0.0996. The van der Waals surface area contributed by atoms with Crippen LogP contribution in [0.1, 0.15) is 22.9 Å². The molecule has 0 unspecified atom stereocenters. The molecule has 3 aromatic carbocycles. The zero-order valence-corrected chi connectivity index (χ0v) is 26.8. The van der Waals surface area contributed by atoms with E-state index in [0.29, 0.717) is 11.2 Å². The molecule has 0 spiro atoms. The predicted octanol–water partition coefficient (Wildman–Crippen LogP) is 4.89. The summed E-state index contributed by atoms with van der Waals surface area (Å²) in [6.45, 7) is 0.0996. The molecule has 0 radical (unpaired) electrons. The van der Waals surface area contributed by atoms with Gasteiger partial charge in [0.25, 0.3) is 0 Å². The molecule has 7 rings (SSSR count). The molecule has 0 bridgehead atoms. The maximum absolute atomic E-state index is 7.10. The number of methoxy groups -OCH3 is 2. The lowest BCUT2D eigenvalue weighted by atomic mass is 9.80. The molecule has 2 aliphatic rings. The molecule has 4 heterocycles. The first-order chi connectivity index (χ1) is 21.8. The number of rotatable bonds is 9. The van der Waals surface area contributed by atoms with Gasteiger partial charge in [-0.05, 0) is 41.0 Å². The smallest absolute Gasteiger partial charge is 0.178 e. The van der Waals surface area contributed by atoms with Crippen molar-refractivity contribution in [2.24, 2.45) is 0 Å². The molecule has 4 atom stereocenters. The number of aromatic nitrogens is 4. The van der Waals surface area contributed by atoms with E-state index in [0.717, 1.165) is 28.2 Å². The molecular weight excluding hydrogens is 633 g/mol. The maximum atomic E-state index is 7.10. The van der Waals surface area contributed by atoms with Crippen LogP contribution in [0.2, 0.25) is 0 Å². The summed E-state index contributed by atoms with van der Waals surface area (Å²) in [6, 6.07) is 25.7. The molecule has 0 saturated carbocycles. The van der Waals surface area contributed by atoms with E-state index < -0.39 is 36.3 Å². The molecule has 2 fully saturated rings. The minimum atomic E-state index is -2.96. The fourth-order valence-corrected chi connectivity index (χ4v) is 8.28. The van der Waals surface area contributed by atoms with E-state index in [-0.39, 0.29) is 12.4 Å². The fourth-order valence-electron chi connectivity index (χ4n) is 5.97. The number of hydrogen-bond acceptors (Lipinski definition) is 12. The highest BCUT2D eigenvalue weighted by molar-refractivity contribution is 8.70. The monoisotopic (exact) mass is 662 g/mol. The van der Waals surface area contributed by atoms with Crippen LogP contribution in [0.4, 0.5) is 5.82 Å². The summed E-state index contributed by atoms with van der Waals surface area (Å²) in [7, 11) is 3.27. The lowest BCUT2D eigenvalue weighted by Gasteiger charge is -2.37. The molecule has 0 aliphatic carbocycles. The Kier molecular flexibility index (Phi) is 8.11. The summed E-state index contributed by atoms with van der Waals surface area (Å²) in [5.41, 5.74) is 8.63. The number of nitrogen functional groups attached to an aromatic ring is 1. The molecule has 2 aromatic heterocycles. The highest BCUT2D eigenvalue weighted by atomic mass is 33.1. The van der Waals surface area contributed by atoms with Crippen LogP contribution in [0.3, 0.4) is 0 Å². The Morgan fingerprint density at radius 2 is 1.42 bits per heavy atom. The summed E-state index contributed by atoms with van der Waals surface area (Å²) in [5, 5.41) is 0. The van der Waals surface area contributed by atoms with Crippen LogP contribution >= 0.6 is 6.12 Å². The van der Waals surface area contributed by atoms with Crippen molar-refractivity contribution in [3.05, 3.63) is 108 Å². The van der Waals surface area contributed by atoms with Gasteiger partial charge in [-0.2, -0.15) is 0 Å². The van der Waals surface area contributed by atoms with Crippen molar-refractivity contribution >= 4 is 47.6 Å². The Morgan fingerprint density at radius 3 is 2.04 bits per heavy atom. The number of fused-ring (bicyclic) bond motifs is 2. The maximum Gasteiger partial charge on any atom is 0.178 e. The zero-order valence-electron chi connectivity index (χ0n) is 24.3. The quantitative estimate of drug-likeness (QED) is 0.131. The number of nitrogens with two attached hydrogens (primary N) is 1. The summed E-state index contributed by atoms with van der Waals surface area (Å²) < 4.78 is 38.7. The SMILES string of the molecule is COc1ccc(C(OC[C@H]2O[C@@H](n3cnc4c(N)ncnc43)[C@@H]3O[P+]([S-])([S-])O[C@@H]32)(c2ccccc2)c2ccc(OC)cc2)cc1. The van der Waals surface area contributed by atoms with Crippen molar-refractivity contribution < 1.29 is 28.0 Å². The average Bonchev–Trinajstić information content (AvgIpc) is 3.74. The minimum Gasteiger partial charge on any atom is -0.515 e. The second-order valence-corrected chi connectivity index (χ2v) is 15.4. The van der Waals surface area contributed by atoms with Crippen LogP contribution in [-0.4, -0.2) is 58.7 Å². The molecule has 11 nitrogen and oxygen atoms in total. The predicted molar refractivity (Wildman–Crippen MR) is 173 cm³/mol. The molecular formula is C31H29N5O6PS2-. The van der Waals surface area contributed by atoms with Crippen molar-refractivity contribution in [3.63, 3.8) is 0 Å². The fraction of sp³-hybridized carbons (Fsp3) is 0.258. The third-order valence-corrected chi connectivity index (χ3v) is 10.1. The Morgan fingerprint density at radius 1 is 0.822 bits per heavy atom. The van der Waals surface area contributed by atoms with Gasteiger partial charge in [0.15, 0.2) is 29.9 Å². The van der Waals surface area contributed by atoms with Crippen molar-refractivity contribution in [2.45, 2.75) is 30.1 Å². The highest BCUT2D eigenvalue weighted by Gasteiger charge is 2.57. The van der Waals surface area contributed by atoms with Gasteiger partial charge < -0.3 is 49.2 Å². The van der Waals surface area contributed by atoms with Gasteiger partial charge in [0.05, 0.1) is 27.2 Å². The lowest BCUT2D eigenvalue weighted by Crippen LogP contribution is -2.39. The van der Waals surface area contributed by atoms with Crippen molar-refractivity contribution in [3.8, 4) is 11.5 Å². The van der Waals surface area contributed by atoms with Gasteiger partial charge in [-0.3, -0.25) is 4.57 Å². The van der Waals surface area contributed by atoms with Crippen LogP contribution in [0.5, 0.6) is 11.5 Å². The molecule has 0 amide bonds. The summed E-state index contributed by atoms with van der Waals surface area (Å²) >= 11 is 11.1. The Balaban J connectivity index is 1.30. The zero-order chi connectivity index (χ0) is 31.2. The van der Waals surface area contributed by atoms with E-state index in [4.69, 9.17) is 58.2 Å². The molecule has 2 aliphatic heterocycles. The molecule has 2 saturated heterocycles. The summed E-state index contributed by atoms with van der Waals surface area (Å²) in [6.07, 6.45) is -2.48. The topological polar surface area (TPSA) is 125 Å². The lowest BCUT2D eigenvalue weighted by molar-refractivity contribution is -0.0947. The van der Waals surface area contributed by atoms with Crippen LogP contribution < -0.4 is 15.2 Å². The van der Waals surface area contributed by atoms with Gasteiger partial charge in [-0.1, -0.05) is 54.6 Å². The van der Waals surface area contributed by atoms with Crippen molar-refractivity contribution in [1.82, 2.24) is 19.5 Å². The third kappa shape index (κ3) is 5.42. The first-order valence-corrected chi connectivity index (χ1v) is 17.7. The number of benzene rings is 3. The van der Waals surface area contributed by atoms with Gasteiger partial charge in [0, 0.05) is 6.12 Å². The van der Waals surface area contributed by atoms with Gasteiger partial charge in [-0.25, -0.2) is 24.0 Å².